The van der Waals surface area contributed by atoms with Crippen LogP contribution in [0.4, 0.5) is 11.4 Å². The van der Waals surface area contributed by atoms with Gasteiger partial charge in [-0.2, -0.15) is 0 Å². The summed E-state index contributed by atoms with van der Waals surface area (Å²) in [5, 5.41) is 14.2. The van der Waals surface area contributed by atoms with E-state index in [-0.39, 0.29) is 11.3 Å². The summed E-state index contributed by atoms with van der Waals surface area (Å²) in [4.78, 5) is 23.5. The third kappa shape index (κ3) is 3.74. The highest BCUT2D eigenvalue weighted by atomic mass is 35.5. The van der Waals surface area contributed by atoms with E-state index in [9.17, 15) is 14.9 Å². The fourth-order valence-corrected chi connectivity index (χ4v) is 2.28. The SMILES string of the molecule is CSc1ccc([N+](=O)[O-])c(C(=O)Nc2ccc(Cl)cc2)c1. The topological polar surface area (TPSA) is 72.2 Å². The number of nitrogens with zero attached hydrogens (tertiary/aromatic N) is 1. The van der Waals surface area contributed by atoms with Crippen molar-refractivity contribution in [1.29, 1.82) is 0 Å². The molecule has 0 heterocycles. The van der Waals surface area contributed by atoms with Gasteiger partial charge in [-0.25, -0.2) is 0 Å². The molecule has 1 amide bonds. The molecule has 0 unspecified atom stereocenters. The molecular formula is C14H11ClN2O3S. The number of nitro benzene ring substituents is 1. The molecule has 7 heteroatoms. The van der Waals surface area contributed by atoms with Crippen LogP contribution in [0.15, 0.2) is 47.4 Å². The maximum atomic E-state index is 12.2. The molecule has 2 aromatic rings. The van der Waals surface area contributed by atoms with Gasteiger partial charge < -0.3 is 5.32 Å². The van der Waals surface area contributed by atoms with Crippen LogP contribution in [-0.2, 0) is 0 Å². The van der Waals surface area contributed by atoms with Crippen LogP contribution < -0.4 is 5.32 Å². The Hall–Kier alpha value is -2.05. The largest absolute Gasteiger partial charge is 0.322 e. The lowest BCUT2D eigenvalue weighted by Gasteiger charge is -2.07. The van der Waals surface area contributed by atoms with E-state index in [1.165, 1.54) is 23.9 Å². The van der Waals surface area contributed by atoms with Crippen LogP contribution in [-0.4, -0.2) is 17.1 Å². The van der Waals surface area contributed by atoms with E-state index in [2.05, 4.69) is 5.32 Å². The second-order valence-corrected chi connectivity index (χ2v) is 5.42. The number of halogens is 1. The normalized spacial score (nSPS) is 10.2. The van der Waals surface area contributed by atoms with Gasteiger partial charge in [-0.3, -0.25) is 14.9 Å². The number of thioether (sulfide) groups is 1. The van der Waals surface area contributed by atoms with E-state index in [0.29, 0.717) is 10.7 Å². The van der Waals surface area contributed by atoms with E-state index in [1.54, 1.807) is 30.3 Å². The van der Waals surface area contributed by atoms with Gasteiger partial charge in [-0.15, -0.1) is 11.8 Å². The highest BCUT2D eigenvalue weighted by Gasteiger charge is 2.20. The summed E-state index contributed by atoms with van der Waals surface area (Å²) in [5.74, 6) is -0.528. The van der Waals surface area contributed by atoms with E-state index in [0.717, 1.165) is 4.90 Å². The molecule has 0 aromatic heterocycles. The maximum Gasteiger partial charge on any atom is 0.282 e. The molecule has 1 N–H and O–H groups in total. The van der Waals surface area contributed by atoms with Gasteiger partial charge in [0, 0.05) is 21.7 Å². The van der Waals surface area contributed by atoms with E-state index in [1.807, 2.05) is 6.26 Å². The number of rotatable bonds is 4. The fourth-order valence-electron chi connectivity index (χ4n) is 1.71. The predicted octanol–water partition coefficient (Wildman–Crippen LogP) is 4.22. The van der Waals surface area contributed by atoms with Crippen LogP contribution >= 0.6 is 23.4 Å². The van der Waals surface area contributed by atoms with Gasteiger partial charge in [-0.1, -0.05) is 11.6 Å². The molecule has 0 spiro atoms. The van der Waals surface area contributed by atoms with Crippen molar-refractivity contribution in [1.82, 2.24) is 0 Å². The minimum atomic E-state index is -0.569. The Morgan fingerprint density at radius 3 is 2.48 bits per heavy atom. The minimum Gasteiger partial charge on any atom is -0.322 e. The number of nitrogens with one attached hydrogen (secondary N) is 1. The third-order valence-electron chi connectivity index (χ3n) is 2.75. The molecule has 0 saturated heterocycles. The van der Waals surface area contributed by atoms with Crippen molar-refractivity contribution >= 4 is 40.6 Å². The first-order valence-corrected chi connectivity index (χ1v) is 7.51. The number of anilines is 1. The van der Waals surface area contributed by atoms with Crippen LogP contribution in [0.25, 0.3) is 0 Å². The van der Waals surface area contributed by atoms with Crippen molar-refractivity contribution in [2.24, 2.45) is 0 Å². The molecular weight excluding hydrogens is 312 g/mol. The lowest BCUT2D eigenvalue weighted by Crippen LogP contribution is -2.14. The first kappa shape index (κ1) is 15.3. The van der Waals surface area contributed by atoms with Gasteiger partial charge >= 0.3 is 0 Å². The second-order valence-electron chi connectivity index (χ2n) is 4.10. The maximum absolute atomic E-state index is 12.2. The molecule has 0 aliphatic rings. The molecule has 108 valence electrons. The molecule has 5 nitrogen and oxygen atoms in total. The number of hydrogen-bond donors (Lipinski definition) is 1. The van der Waals surface area contributed by atoms with Gasteiger partial charge in [0.25, 0.3) is 11.6 Å². The first-order valence-electron chi connectivity index (χ1n) is 5.90. The van der Waals surface area contributed by atoms with Crippen molar-refractivity contribution in [3.63, 3.8) is 0 Å². The lowest BCUT2D eigenvalue weighted by atomic mass is 10.1. The van der Waals surface area contributed by atoms with Gasteiger partial charge in [-0.05, 0) is 42.7 Å². The molecule has 0 fully saturated rings. The van der Waals surface area contributed by atoms with Crippen LogP contribution in [0.1, 0.15) is 10.4 Å². The molecule has 0 aliphatic heterocycles. The molecule has 0 atom stereocenters. The van der Waals surface area contributed by atoms with Crippen molar-refractivity contribution in [3.8, 4) is 0 Å². The fraction of sp³-hybridized carbons (Fsp3) is 0.0714. The number of nitro groups is 1. The first-order chi connectivity index (χ1) is 10.0. The summed E-state index contributed by atoms with van der Waals surface area (Å²) in [6.07, 6.45) is 1.84. The molecule has 2 aromatic carbocycles. The molecule has 2 rings (SSSR count). The lowest BCUT2D eigenvalue weighted by molar-refractivity contribution is -0.385. The van der Waals surface area contributed by atoms with Crippen LogP contribution in [0, 0.1) is 10.1 Å². The van der Waals surface area contributed by atoms with Crippen LogP contribution in [0.2, 0.25) is 5.02 Å². The predicted molar refractivity (Wildman–Crippen MR) is 84.3 cm³/mol. The summed E-state index contributed by atoms with van der Waals surface area (Å²) in [6, 6.07) is 11.0. The average molecular weight is 323 g/mol. The number of hydrogen-bond acceptors (Lipinski definition) is 4. The van der Waals surface area contributed by atoms with Crippen molar-refractivity contribution in [2.45, 2.75) is 4.90 Å². The smallest absolute Gasteiger partial charge is 0.282 e. The van der Waals surface area contributed by atoms with E-state index >= 15 is 0 Å². The van der Waals surface area contributed by atoms with Crippen LogP contribution in [0.5, 0.6) is 0 Å². The Morgan fingerprint density at radius 1 is 1.24 bits per heavy atom. The summed E-state index contributed by atoms with van der Waals surface area (Å²) < 4.78 is 0. The van der Waals surface area contributed by atoms with Gasteiger partial charge in [0.2, 0.25) is 0 Å². The zero-order chi connectivity index (χ0) is 15.4. The Morgan fingerprint density at radius 2 is 1.90 bits per heavy atom. The zero-order valence-corrected chi connectivity index (χ0v) is 12.6. The van der Waals surface area contributed by atoms with Gasteiger partial charge in [0.1, 0.15) is 5.56 Å². The second kappa shape index (κ2) is 6.60. The molecule has 0 radical (unpaired) electrons. The summed E-state index contributed by atoms with van der Waals surface area (Å²) in [5.41, 5.74) is 0.328. The highest BCUT2D eigenvalue weighted by molar-refractivity contribution is 7.98. The van der Waals surface area contributed by atoms with Crippen molar-refractivity contribution in [3.05, 3.63) is 63.2 Å². The Kier molecular flexibility index (Phi) is 4.82. The number of benzene rings is 2. The average Bonchev–Trinajstić information content (AvgIpc) is 2.48. The zero-order valence-electron chi connectivity index (χ0n) is 11.0. The summed E-state index contributed by atoms with van der Waals surface area (Å²) >= 11 is 7.18. The number of carbonyl (C=O) groups excluding carboxylic acids is 1. The minimum absolute atomic E-state index is 0.0294. The van der Waals surface area contributed by atoms with E-state index in [4.69, 9.17) is 11.6 Å². The van der Waals surface area contributed by atoms with Crippen molar-refractivity contribution in [2.75, 3.05) is 11.6 Å². The van der Waals surface area contributed by atoms with Gasteiger partial charge in [0.05, 0.1) is 4.92 Å². The molecule has 0 bridgehead atoms. The third-order valence-corrected chi connectivity index (χ3v) is 3.72. The van der Waals surface area contributed by atoms with E-state index < -0.39 is 10.8 Å². The summed E-state index contributed by atoms with van der Waals surface area (Å²) in [7, 11) is 0. The Balaban J connectivity index is 2.33. The molecule has 21 heavy (non-hydrogen) atoms. The molecule has 0 aliphatic carbocycles. The Labute approximate surface area is 130 Å². The number of amides is 1. The number of carbonyl (C=O) groups is 1. The standard InChI is InChI=1S/C14H11ClN2O3S/c1-21-11-6-7-13(17(19)20)12(8-11)14(18)16-10-4-2-9(15)3-5-10/h2-8H,1H3,(H,16,18). The Bertz CT molecular complexity index is 689. The molecule has 0 saturated carbocycles. The van der Waals surface area contributed by atoms with Gasteiger partial charge in [0.15, 0.2) is 0 Å². The van der Waals surface area contributed by atoms with Crippen LogP contribution in [0.3, 0.4) is 0 Å². The monoisotopic (exact) mass is 322 g/mol. The summed E-state index contributed by atoms with van der Waals surface area (Å²) in [6.45, 7) is 0. The highest BCUT2D eigenvalue weighted by Crippen LogP contribution is 2.25. The quantitative estimate of drug-likeness (QED) is 0.519. The van der Waals surface area contributed by atoms with Crippen molar-refractivity contribution < 1.29 is 9.72 Å².